The predicted molar refractivity (Wildman–Crippen MR) is 149 cm³/mol. The van der Waals surface area contributed by atoms with Crippen molar-refractivity contribution in [2.75, 3.05) is 26.2 Å². The first kappa shape index (κ1) is 29.2. The van der Waals surface area contributed by atoms with Gasteiger partial charge in [0, 0.05) is 38.1 Å². The van der Waals surface area contributed by atoms with Gasteiger partial charge in [-0.1, -0.05) is 56.5 Å². The van der Waals surface area contributed by atoms with E-state index >= 15 is 0 Å². The summed E-state index contributed by atoms with van der Waals surface area (Å²) in [5.41, 5.74) is 0.650. The van der Waals surface area contributed by atoms with Gasteiger partial charge in [0.15, 0.2) is 0 Å². The Morgan fingerprint density at radius 3 is 2.28 bits per heavy atom. The molecule has 1 heterocycles. The van der Waals surface area contributed by atoms with Crippen LogP contribution in [0.5, 0.6) is 0 Å². The fraction of sp³-hybridized carbons (Fsp3) is 0.533. The standard InChI is InChI=1S/C30H40FN3O4S/c1-2-18-33(39(37,38)28-14-7-4-8-15-28)23-29(35)34(22-24-10-9-13-26(31)21-24)27-16-19-32(20-17-27)30(36)25-11-5-3-6-12-25/h4,7-10,13-15,21,25,27H,2-3,5-6,11-12,16-20,22-23H2,1H3. The lowest BCUT2D eigenvalue weighted by Crippen LogP contribution is -2.52. The van der Waals surface area contributed by atoms with Gasteiger partial charge in [0.2, 0.25) is 21.8 Å². The van der Waals surface area contributed by atoms with Crippen molar-refractivity contribution in [1.29, 1.82) is 0 Å². The van der Waals surface area contributed by atoms with Gasteiger partial charge in [0.05, 0.1) is 11.4 Å². The highest BCUT2D eigenvalue weighted by atomic mass is 32.2. The first-order valence-corrected chi connectivity index (χ1v) is 15.6. The Kier molecular flexibility index (Phi) is 10.1. The van der Waals surface area contributed by atoms with Crippen LogP contribution in [0.2, 0.25) is 0 Å². The molecule has 0 atom stereocenters. The molecule has 9 heteroatoms. The number of rotatable bonds is 10. The van der Waals surface area contributed by atoms with E-state index in [0.717, 1.165) is 25.7 Å². The predicted octanol–water partition coefficient (Wildman–Crippen LogP) is 4.83. The highest BCUT2D eigenvalue weighted by molar-refractivity contribution is 7.89. The minimum Gasteiger partial charge on any atom is -0.342 e. The van der Waals surface area contributed by atoms with Crippen molar-refractivity contribution in [2.45, 2.75) is 75.8 Å². The third kappa shape index (κ3) is 7.45. The highest BCUT2D eigenvalue weighted by Gasteiger charge is 2.34. The third-order valence-electron chi connectivity index (χ3n) is 7.90. The topological polar surface area (TPSA) is 78.0 Å². The van der Waals surface area contributed by atoms with Crippen molar-refractivity contribution in [3.8, 4) is 0 Å². The molecule has 0 aromatic heterocycles. The van der Waals surface area contributed by atoms with Gasteiger partial charge >= 0.3 is 0 Å². The highest BCUT2D eigenvalue weighted by Crippen LogP contribution is 2.28. The third-order valence-corrected chi connectivity index (χ3v) is 9.76. The van der Waals surface area contributed by atoms with E-state index in [-0.39, 0.29) is 54.1 Å². The molecule has 0 N–H and O–H groups in total. The fourth-order valence-corrected chi connectivity index (χ4v) is 7.28. The summed E-state index contributed by atoms with van der Waals surface area (Å²) in [6.45, 7) is 3.11. The number of sulfonamides is 1. The van der Waals surface area contributed by atoms with Crippen LogP contribution < -0.4 is 0 Å². The molecule has 2 fully saturated rings. The zero-order chi connectivity index (χ0) is 27.8. The van der Waals surface area contributed by atoms with Crippen molar-refractivity contribution in [3.63, 3.8) is 0 Å². The first-order chi connectivity index (χ1) is 18.8. The molecule has 2 aromatic rings. The van der Waals surface area contributed by atoms with Crippen molar-refractivity contribution >= 4 is 21.8 Å². The number of likely N-dealkylation sites (tertiary alicyclic amines) is 1. The molecule has 0 spiro atoms. The Labute approximate surface area is 232 Å². The minimum atomic E-state index is -3.86. The second kappa shape index (κ2) is 13.5. The number of benzene rings is 2. The van der Waals surface area contributed by atoms with Gasteiger partial charge in [-0.3, -0.25) is 9.59 Å². The molecule has 1 saturated heterocycles. The number of amides is 2. The zero-order valence-corrected chi connectivity index (χ0v) is 23.6. The van der Waals surface area contributed by atoms with E-state index in [1.54, 1.807) is 35.2 Å². The maximum absolute atomic E-state index is 14.0. The van der Waals surface area contributed by atoms with E-state index in [2.05, 4.69) is 0 Å². The van der Waals surface area contributed by atoms with E-state index in [9.17, 15) is 22.4 Å². The Balaban J connectivity index is 1.51. The first-order valence-electron chi connectivity index (χ1n) is 14.2. The van der Waals surface area contributed by atoms with Crippen LogP contribution in [0.4, 0.5) is 4.39 Å². The number of carbonyl (C=O) groups excluding carboxylic acids is 2. The van der Waals surface area contributed by atoms with Crippen molar-refractivity contribution in [3.05, 3.63) is 66.0 Å². The van der Waals surface area contributed by atoms with Crippen LogP contribution >= 0.6 is 0 Å². The lowest BCUT2D eigenvalue weighted by atomic mass is 9.87. The Morgan fingerprint density at radius 2 is 1.64 bits per heavy atom. The van der Waals surface area contributed by atoms with Gasteiger partial charge in [-0.25, -0.2) is 12.8 Å². The van der Waals surface area contributed by atoms with E-state index in [4.69, 9.17) is 0 Å². The second-order valence-electron chi connectivity index (χ2n) is 10.7. The summed E-state index contributed by atoms with van der Waals surface area (Å²) >= 11 is 0. The van der Waals surface area contributed by atoms with Crippen molar-refractivity contribution in [2.24, 2.45) is 5.92 Å². The number of carbonyl (C=O) groups is 2. The normalized spacial score (nSPS) is 17.4. The van der Waals surface area contributed by atoms with Crippen LogP contribution in [0.3, 0.4) is 0 Å². The number of nitrogens with zero attached hydrogens (tertiary/aromatic N) is 3. The largest absolute Gasteiger partial charge is 0.342 e. The van der Waals surface area contributed by atoms with Gasteiger partial charge in [0.1, 0.15) is 5.82 Å². The van der Waals surface area contributed by atoms with E-state index < -0.39 is 10.0 Å². The molecule has 212 valence electrons. The number of hydrogen-bond donors (Lipinski definition) is 0. The number of piperidine rings is 1. The average Bonchev–Trinajstić information content (AvgIpc) is 2.96. The molecule has 0 bridgehead atoms. The van der Waals surface area contributed by atoms with Gasteiger partial charge < -0.3 is 9.80 Å². The van der Waals surface area contributed by atoms with Crippen LogP contribution in [0.25, 0.3) is 0 Å². The molecule has 0 radical (unpaired) electrons. The maximum atomic E-state index is 14.0. The number of hydrogen-bond acceptors (Lipinski definition) is 4. The summed E-state index contributed by atoms with van der Waals surface area (Å²) in [7, 11) is -3.86. The molecule has 4 rings (SSSR count). The van der Waals surface area contributed by atoms with Gasteiger partial charge in [0.25, 0.3) is 0 Å². The summed E-state index contributed by atoms with van der Waals surface area (Å²) in [5, 5.41) is 0. The molecule has 39 heavy (non-hydrogen) atoms. The van der Waals surface area contributed by atoms with Crippen LogP contribution in [0.15, 0.2) is 59.5 Å². The Hall–Kier alpha value is -2.78. The monoisotopic (exact) mass is 557 g/mol. The van der Waals surface area contributed by atoms with Crippen molar-refractivity contribution in [1.82, 2.24) is 14.1 Å². The molecular weight excluding hydrogens is 517 g/mol. The summed E-state index contributed by atoms with van der Waals surface area (Å²) in [6, 6.07) is 14.1. The molecule has 1 aliphatic heterocycles. The lowest BCUT2D eigenvalue weighted by Gasteiger charge is -2.40. The lowest BCUT2D eigenvalue weighted by molar-refractivity contribution is -0.140. The van der Waals surface area contributed by atoms with Crippen LogP contribution in [-0.2, 0) is 26.2 Å². The second-order valence-corrected chi connectivity index (χ2v) is 12.6. The molecule has 2 aliphatic rings. The quantitative estimate of drug-likeness (QED) is 0.419. The molecule has 0 unspecified atom stereocenters. The molecule has 1 aliphatic carbocycles. The van der Waals surface area contributed by atoms with Gasteiger partial charge in [-0.15, -0.1) is 0 Å². The SMILES string of the molecule is CCCN(CC(=O)N(Cc1cccc(F)c1)C1CCN(C(=O)C2CCCCC2)CC1)S(=O)(=O)c1ccccc1. The molecule has 2 aromatic carbocycles. The zero-order valence-electron chi connectivity index (χ0n) is 22.8. The fourth-order valence-electron chi connectivity index (χ4n) is 5.78. The van der Waals surface area contributed by atoms with Crippen LogP contribution in [0.1, 0.15) is 63.9 Å². The molecule has 1 saturated carbocycles. The minimum absolute atomic E-state index is 0.103. The summed E-state index contributed by atoms with van der Waals surface area (Å²) in [5.74, 6) is -0.373. The Morgan fingerprint density at radius 1 is 0.949 bits per heavy atom. The van der Waals surface area contributed by atoms with E-state index in [1.807, 2.05) is 11.8 Å². The summed E-state index contributed by atoms with van der Waals surface area (Å²) < 4.78 is 42.0. The summed E-state index contributed by atoms with van der Waals surface area (Å²) in [4.78, 5) is 30.7. The average molecular weight is 558 g/mol. The van der Waals surface area contributed by atoms with E-state index in [1.165, 1.54) is 35.0 Å². The maximum Gasteiger partial charge on any atom is 0.243 e. The van der Waals surface area contributed by atoms with Gasteiger partial charge in [-0.05, 0) is 61.9 Å². The molecular formula is C30H40FN3O4S. The summed E-state index contributed by atoms with van der Waals surface area (Å²) in [6.07, 6.45) is 7.07. The van der Waals surface area contributed by atoms with Crippen molar-refractivity contribution < 1.29 is 22.4 Å². The molecule has 2 amide bonds. The van der Waals surface area contributed by atoms with E-state index in [0.29, 0.717) is 37.9 Å². The number of halogens is 1. The van der Waals surface area contributed by atoms with Gasteiger partial charge in [-0.2, -0.15) is 4.31 Å². The van der Waals surface area contributed by atoms with Crippen LogP contribution in [0, 0.1) is 11.7 Å². The smallest absolute Gasteiger partial charge is 0.243 e. The van der Waals surface area contributed by atoms with Crippen LogP contribution in [-0.4, -0.2) is 66.6 Å². The Bertz CT molecular complexity index is 1210. The molecule has 7 nitrogen and oxygen atoms in total.